The predicted octanol–water partition coefficient (Wildman–Crippen LogP) is 5.16. The highest BCUT2D eigenvalue weighted by atomic mass is 35.5. The number of amides is 1. The number of thiazole rings is 1. The number of anilines is 1. The van der Waals surface area contributed by atoms with Gasteiger partial charge in [-0.05, 0) is 36.8 Å². The minimum Gasteiger partial charge on any atom is -0.326 e. The third kappa shape index (κ3) is 5.19. The highest BCUT2D eigenvalue weighted by Gasteiger charge is 2.10. The standard InChI is InChI=1S/C19H16ClF2N3OS.ClH/c1-11-3-5-13(8-15(11)20)23-18(26)9-14-10-27-19(25(14)2)24-17-6-4-12(21)7-16(17)22;/h3-8,10H,9H2,1-2H3,(H,23,26);1H/b24-19+;. The molecule has 0 saturated carbocycles. The Kier molecular flexibility index (Phi) is 7.35. The van der Waals surface area contributed by atoms with Crippen LogP contribution in [0.5, 0.6) is 0 Å². The lowest BCUT2D eigenvalue weighted by atomic mass is 10.2. The van der Waals surface area contributed by atoms with Crippen molar-refractivity contribution in [2.24, 2.45) is 12.0 Å². The number of hydrogen-bond donors (Lipinski definition) is 1. The number of hydrogen-bond acceptors (Lipinski definition) is 3. The van der Waals surface area contributed by atoms with E-state index in [0.29, 0.717) is 15.5 Å². The molecule has 3 rings (SSSR count). The van der Waals surface area contributed by atoms with Gasteiger partial charge in [-0.1, -0.05) is 17.7 Å². The zero-order valence-electron chi connectivity index (χ0n) is 15.0. The fraction of sp³-hybridized carbons (Fsp3) is 0.158. The quantitative estimate of drug-likeness (QED) is 0.594. The summed E-state index contributed by atoms with van der Waals surface area (Å²) >= 11 is 7.34. The monoisotopic (exact) mass is 443 g/mol. The van der Waals surface area contributed by atoms with E-state index >= 15 is 0 Å². The number of benzene rings is 2. The van der Waals surface area contributed by atoms with Crippen molar-refractivity contribution in [2.75, 3.05) is 5.32 Å². The summed E-state index contributed by atoms with van der Waals surface area (Å²) in [6, 6.07) is 8.52. The van der Waals surface area contributed by atoms with Crippen molar-refractivity contribution in [1.29, 1.82) is 0 Å². The fourth-order valence-electron chi connectivity index (χ4n) is 2.38. The molecule has 0 radical (unpaired) electrons. The molecule has 0 bridgehead atoms. The summed E-state index contributed by atoms with van der Waals surface area (Å²) in [5.41, 5.74) is 2.31. The van der Waals surface area contributed by atoms with Gasteiger partial charge in [0.05, 0.1) is 6.42 Å². The van der Waals surface area contributed by atoms with Crippen LogP contribution in [0.1, 0.15) is 11.3 Å². The number of rotatable bonds is 4. The van der Waals surface area contributed by atoms with E-state index in [-0.39, 0.29) is 30.4 Å². The average Bonchev–Trinajstić information content (AvgIpc) is 2.94. The molecule has 2 aromatic carbocycles. The molecular weight excluding hydrogens is 427 g/mol. The zero-order valence-corrected chi connectivity index (χ0v) is 17.4. The molecule has 4 nitrogen and oxygen atoms in total. The zero-order chi connectivity index (χ0) is 19.6. The van der Waals surface area contributed by atoms with Crippen LogP contribution in [0, 0.1) is 18.6 Å². The maximum Gasteiger partial charge on any atom is 0.230 e. The van der Waals surface area contributed by atoms with Crippen LogP contribution >= 0.6 is 35.3 Å². The molecule has 0 aliphatic heterocycles. The Morgan fingerprint density at radius 2 is 2.00 bits per heavy atom. The first-order valence-electron chi connectivity index (χ1n) is 8.02. The Morgan fingerprint density at radius 3 is 2.68 bits per heavy atom. The summed E-state index contributed by atoms with van der Waals surface area (Å²) in [5, 5.41) is 5.16. The van der Waals surface area contributed by atoms with Crippen molar-refractivity contribution >= 4 is 52.6 Å². The minimum atomic E-state index is -0.737. The number of aromatic nitrogens is 1. The van der Waals surface area contributed by atoms with Crippen LogP contribution in [-0.2, 0) is 18.3 Å². The SMILES string of the molecule is Cc1ccc(NC(=O)Cc2cs/c(=N/c3ccc(F)cc3F)n2C)cc1Cl.Cl. The van der Waals surface area contributed by atoms with Crippen molar-refractivity contribution in [1.82, 2.24) is 4.57 Å². The largest absolute Gasteiger partial charge is 0.326 e. The van der Waals surface area contributed by atoms with Crippen molar-refractivity contribution in [2.45, 2.75) is 13.3 Å². The molecule has 0 fully saturated rings. The van der Waals surface area contributed by atoms with Gasteiger partial charge in [-0.15, -0.1) is 23.7 Å². The third-order valence-corrected chi connectivity index (χ3v) is 5.31. The maximum atomic E-state index is 13.8. The molecule has 148 valence electrons. The maximum absolute atomic E-state index is 13.8. The van der Waals surface area contributed by atoms with Crippen LogP contribution in [0.4, 0.5) is 20.2 Å². The van der Waals surface area contributed by atoms with Crippen LogP contribution in [0.2, 0.25) is 5.02 Å². The Morgan fingerprint density at radius 1 is 1.25 bits per heavy atom. The normalized spacial score (nSPS) is 11.2. The second-order valence-corrected chi connectivity index (χ2v) is 7.21. The molecule has 1 heterocycles. The van der Waals surface area contributed by atoms with E-state index in [9.17, 15) is 13.6 Å². The lowest BCUT2D eigenvalue weighted by Crippen LogP contribution is -2.19. The van der Waals surface area contributed by atoms with E-state index in [1.807, 2.05) is 13.0 Å². The summed E-state index contributed by atoms with van der Waals surface area (Å²) in [6.45, 7) is 1.88. The molecule has 0 aliphatic rings. The van der Waals surface area contributed by atoms with Gasteiger partial charge in [0, 0.05) is 34.9 Å². The van der Waals surface area contributed by atoms with Crippen molar-refractivity contribution in [3.63, 3.8) is 0 Å². The first-order valence-corrected chi connectivity index (χ1v) is 9.28. The van der Waals surface area contributed by atoms with Crippen molar-refractivity contribution < 1.29 is 13.6 Å². The number of halogens is 4. The number of nitrogens with one attached hydrogen (secondary N) is 1. The van der Waals surface area contributed by atoms with Crippen LogP contribution in [0.15, 0.2) is 46.8 Å². The molecule has 0 unspecified atom stereocenters. The van der Waals surface area contributed by atoms with Gasteiger partial charge >= 0.3 is 0 Å². The van der Waals surface area contributed by atoms with E-state index in [4.69, 9.17) is 11.6 Å². The topological polar surface area (TPSA) is 46.4 Å². The Bertz CT molecular complexity index is 1080. The number of carbonyl (C=O) groups is 1. The summed E-state index contributed by atoms with van der Waals surface area (Å²) in [6.07, 6.45) is 0.125. The van der Waals surface area contributed by atoms with Gasteiger partial charge in [0.2, 0.25) is 5.91 Å². The van der Waals surface area contributed by atoms with Gasteiger partial charge in [0.15, 0.2) is 10.6 Å². The first kappa shape index (κ1) is 22.1. The van der Waals surface area contributed by atoms with E-state index in [1.54, 1.807) is 29.1 Å². The second-order valence-electron chi connectivity index (χ2n) is 5.97. The molecule has 0 atom stereocenters. The van der Waals surface area contributed by atoms with Crippen LogP contribution in [-0.4, -0.2) is 10.5 Å². The molecule has 0 aliphatic carbocycles. The molecule has 9 heteroatoms. The van der Waals surface area contributed by atoms with Gasteiger partial charge in [-0.2, -0.15) is 0 Å². The van der Waals surface area contributed by atoms with Gasteiger partial charge in [-0.3, -0.25) is 4.79 Å². The summed E-state index contributed by atoms with van der Waals surface area (Å²) in [4.78, 5) is 17.0. The Hall–Kier alpha value is -2.22. The summed E-state index contributed by atoms with van der Waals surface area (Å²) < 4.78 is 28.5. The highest BCUT2D eigenvalue weighted by Crippen LogP contribution is 2.20. The molecule has 0 spiro atoms. The molecular formula is C19H17Cl2F2N3OS. The van der Waals surface area contributed by atoms with Gasteiger partial charge in [0.1, 0.15) is 11.5 Å². The fourth-order valence-corrected chi connectivity index (χ4v) is 3.47. The van der Waals surface area contributed by atoms with E-state index in [1.165, 1.54) is 17.4 Å². The number of carbonyl (C=O) groups excluding carboxylic acids is 1. The van der Waals surface area contributed by atoms with Crippen molar-refractivity contribution in [3.05, 3.63) is 74.5 Å². The summed E-state index contributed by atoms with van der Waals surface area (Å²) in [7, 11) is 1.74. The first-order chi connectivity index (χ1) is 12.8. The molecule has 1 amide bonds. The van der Waals surface area contributed by atoms with E-state index in [2.05, 4.69) is 10.3 Å². The summed E-state index contributed by atoms with van der Waals surface area (Å²) in [5.74, 6) is -1.60. The minimum absolute atomic E-state index is 0. The molecule has 3 aromatic rings. The van der Waals surface area contributed by atoms with Crippen LogP contribution in [0.3, 0.4) is 0 Å². The predicted molar refractivity (Wildman–Crippen MR) is 111 cm³/mol. The van der Waals surface area contributed by atoms with Gasteiger partial charge < -0.3 is 9.88 Å². The Labute approximate surface area is 175 Å². The van der Waals surface area contributed by atoms with Crippen LogP contribution in [0.25, 0.3) is 0 Å². The Balaban J connectivity index is 0.00000280. The molecule has 28 heavy (non-hydrogen) atoms. The van der Waals surface area contributed by atoms with Gasteiger partial charge in [-0.25, -0.2) is 13.8 Å². The lowest BCUT2D eigenvalue weighted by molar-refractivity contribution is -0.115. The highest BCUT2D eigenvalue weighted by molar-refractivity contribution is 7.07. The van der Waals surface area contributed by atoms with E-state index < -0.39 is 11.6 Å². The second kappa shape index (κ2) is 9.32. The van der Waals surface area contributed by atoms with Crippen molar-refractivity contribution in [3.8, 4) is 0 Å². The molecule has 1 aromatic heterocycles. The number of aryl methyl sites for hydroxylation is 1. The third-order valence-electron chi connectivity index (χ3n) is 3.94. The van der Waals surface area contributed by atoms with Gasteiger partial charge in [0.25, 0.3) is 0 Å². The van der Waals surface area contributed by atoms with E-state index in [0.717, 1.165) is 23.4 Å². The smallest absolute Gasteiger partial charge is 0.230 e. The lowest BCUT2D eigenvalue weighted by Gasteiger charge is -2.07. The average molecular weight is 444 g/mol. The number of nitrogens with zero attached hydrogens (tertiary/aromatic N) is 2. The molecule has 1 N–H and O–H groups in total. The molecule has 0 saturated heterocycles. The van der Waals surface area contributed by atoms with Crippen LogP contribution < -0.4 is 10.1 Å².